The molecule has 0 aromatic rings. The Kier molecular flexibility index (Phi) is 18.9. The molecule has 0 rings (SSSR count). The van der Waals surface area contributed by atoms with E-state index in [-0.39, 0.29) is 0 Å². The van der Waals surface area contributed by atoms with Gasteiger partial charge in [-0.3, -0.25) is 10.9 Å². The third kappa shape index (κ3) is 19.9. The van der Waals surface area contributed by atoms with Crippen LogP contribution in [-0.4, -0.2) is 18.6 Å². The van der Waals surface area contributed by atoms with Crippen molar-refractivity contribution in [3.8, 4) is 0 Å². The fourth-order valence-corrected chi connectivity index (χ4v) is 3.09. The van der Waals surface area contributed by atoms with Crippen LogP contribution in [-0.2, 0) is 0 Å². The lowest BCUT2D eigenvalue weighted by molar-refractivity contribution is 0.336. The van der Waals surface area contributed by atoms with Crippen LogP contribution < -0.4 is 5.84 Å². The first-order valence-corrected chi connectivity index (χ1v) is 10.2. The summed E-state index contributed by atoms with van der Waals surface area (Å²) in [4.78, 5) is 0. The summed E-state index contributed by atoms with van der Waals surface area (Å²) in [6, 6.07) is 0. The molecule has 0 amide bonds. The van der Waals surface area contributed by atoms with Gasteiger partial charge in [-0.1, -0.05) is 110 Å². The van der Waals surface area contributed by atoms with Gasteiger partial charge in [0.15, 0.2) is 0 Å². The predicted octanol–water partition coefficient (Wildman–Crippen LogP) is 6.44. The van der Waals surface area contributed by atoms with E-state index >= 15 is 0 Å². The van der Waals surface area contributed by atoms with Gasteiger partial charge in [-0.05, 0) is 6.42 Å². The standard InChI is InChI=1S/C20H44N2/c1-3-4-5-6-7-8-9-10-11-12-13-14-15-16-17-18-19-20-22(2)21/h3-21H2,1-2H3. The number of nitrogens with two attached hydrogens (primary N) is 1. The minimum atomic E-state index is 1.04. The summed E-state index contributed by atoms with van der Waals surface area (Å²) in [5.41, 5.74) is 0. The third-order valence-corrected chi connectivity index (χ3v) is 4.61. The van der Waals surface area contributed by atoms with E-state index in [4.69, 9.17) is 5.84 Å². The Morgan fingerprint density at radius 2 is 0.773 bits per heavy atom. The summed E-state index contributed by atoms with van der Waals surface area (Å²) < 4.78 is 0. The Balaban J connectivity index is 2.94. The maximum absolute atomic E-state index is 5.59. The molecule has 0 bridgehead atoms. The first-order valence-electron chi connectivity index (χ1n) is 10.2. The van der Waals surface area contributed by atoms with Gasteiger partial charge < -0.3 is 0 Å². The lowest BCUT2D eigenvalue weighted by Gasteiger charge is -2.08. The zero-order valence-electron chi connectivity index (χ0n) is 15.8. The fraction of sp³-hybridized carbons (Fsp3) is 1.00. The molecule has 0 unspecified atom stereocenters. The van der Waals surface area contributed by atoms with Gasteiger partial charge in [0.05, 0.1) is 0 Å². The molecule has 134 valence electrons. The molecule has 22 heavy (non-hydrogen) atoms. The van der Waals surface area contributed by atoms with Crippen LogP contribution in [0.4, 0.5) is 0 Å². The Morgan fingerprint density at radius 3 is 1.05 bits per heavy atom. The van der Waals surface area contributed by atoms with Crippen molar-refractivity contribution in [2.75, 3.05) is 13.6 Å². The molecule has 0 heterocycles. The van der Waals surface area contributed by atoms with Crippen LogP contribution in [0, 0.1) is 0 Å². The lowest BCUT2D eigenvalue weighted by atomic mass is 10.0. The van der Waals surface area contributed by atoms with Crippen molar-refractivity contribution < 1.29 is 0 Å². The largest absolute Gasteiger partial charge is 0.269 e. The Labute approximate surface area is 141 Å². The Hall–Kier alpha value is -0.0800. The van der Waals surface area contributed by atoms with E-state index in [2.05, 4.69) is 6.92 Å². The maximum Gasteiger partial charge on any atom is 0.0125 e. The molecular weight excluding hydrogens is 268 g/mol. The molecule has 0 saturated heterocycles. The summed E-state index contributed by atoms with van der Waals surface area (Å²) in [5, 5.41) is 1.80. The van der Waals surface area contributed by atoms with E-state index in [1.165, 1.54) is 109 Å². The van der Waals surface area contributed by atoms with Gasteiger partial charge in [0.1, 0.15) is 0 Å². The van der Waals surface area contributed by atoms with Crippen molar-refractivity contribution in [1.82, 2.24) is 5.01 Å². The smallest absolute Gasteiger partial charge is 0.0125 e. The number of nitrogens with zero attached hydrogens (tertiary/aromatic N) is 1. The lowest BCUT2D eigenvalue weighted by Crippen LogP contribution is -2.26. The van der Waals surface area contributed by atoms with Gasteiger partial charge in [-0.2, -0.15) is 0 Å². The molecule has 2 nitrogen and oxygen atoms in total. The summed E-state index contributed by atoms with van der Waals surface area (Å²) in [6.07, 6.45) is 24.3. The van der Waals surface area contributed by atoms with Crippen molar-refractivity contribution in [1.29, 1.82) is 0 Å². The molecular formula is C20H44N2. The normalized spacial score (nSPS) is 11.5. The molecule has 0 aliphatic carbocycles. The summed E-state index contributed by atoms with van der Waals surface area (Å²) in [5.74, 6) is 5.59. The van der Waals surface area contributed by atoms with E-state index in [9.17, 15) is 0 Å². The van der Waals surface area contributed by atoms with Crippen molar-refractivity contribution in [3.63, 3.8) is 0 Å². The van der Waals surface area contributed by atoms with E-state index in [0.29, 0.717) is 0 Å². The first kappa shape index (κ1) is 21.9. The van der Waals surface area contributed by atoms with Gasteiger partial charge in [0.2, 0.25) is 0 Å². The maximum atomic E-state index is 5.59. The molecule has 0 aromatic carbocycles. The summed E-state index contributed by atoms with van der Waals surface area (Å²) in [6.45, 7) is 3.33. The SMILES string of the molecule is CCCCCCCCCCCCCCCCCCCN(C)N. The molecule has 2 heteroatoms. The summed E-state index contributed by atoms with van der Waals surface area (Å²) in [7, 11) is 1.95. The molecule has 0 radical (unpaired) electrons. The monoisotopic (exact) mass is 312 g/mol. The van der Waals surface area contributed by atoms with Crippen molar-refractivity contribution in [2.24, 2.45) is 5.84 Å². The van der Waals surface area contributed by atoms with Gasteiger partial charge in [0, 0.05) is 13.6 Å². The van der Waals surface area contributed by atoms with Gasteiger partial charge in [0.25, 0.3) is 0 Å². The average molecular weight is 313 g/mol. The second-order valence-corrected chi connectivity index (χ2v) is 7.14. The van der Waals surface area contributed by atoms with E-state index in [0.717, 1.165) is 6.54 Å². The van der Waals surface area contributed by atoms with E-state index in [1.54, 1.807) is 5.01 Å². The highest BCUT2D eigenvalue weighted by atomic mass is 15.4. The van der Waals surface area contributed by atoms with Crippen molar-refractivity contribution in [2.45, 2.75) is 116 Å². The number of hydrogen-bond acceptors (Lipinski definition) is 2. The molecule has 0 fully saturated rings. The van der Waals surface area contributed by atoms with Gasteiger partial charge in [-0.15, -0.1) is 0 Å². The van der Waals surface area contributed by atoms with E-state index < -0.39 is 0 Å². The van der Waals surface area contributed by atoms with Crippen molar-refractivity contribution in [3.05, 3.63) is 0 Å². The predicted molar refractivity (Wildman–Crippen MR) is 101 cm³/mol. The topological polar surface area (TPSA) is 29.3 Å². The molecule has 0 saturated carbocycles. The molecule has 0 spiro atoms. The molecule has 0 aliphatic heterocycles. The molecule has 2 N–H and O–H groups in total. The van der Waals surface area contributed by atoms with Crippen LogP contribution >= 0.6 is 0 Å². The highest BCUT2D eigenvalue weighted by Gasteiger charge is 1.95. The summed E-state index contributed by atoms with van der Waals surface area (Å²) >= 11 is 0. The first-order chi connectivity index (χ1) is 10.8. The Morgan fingerprint density at radius 1 is 0.500 bits per heavy atom. The second-order valence-electron chi connectivity index (χ2n) is 7.14. The van der Waals surface area contributed by atoms with Crippen LogP contribution in [0.3, 0.4) is 0 Å². The number of hydrogen-bond donors (Lipinski definition) is 1. The molecule has 0 aromatic heterocycles. The zero-order chi connectivity index (χ0) is 16.3. The Bertz CT molecular complexity index is 192. The van der Waals surface area contributed by atoms with Crippen molar-refractivity contribution >= 4 is 0 Å². The number of hydrazine groups is 1. The highest BCUT2D eigenvalue weighted by Crippen LogP contribution is 2.13. The minimum Gasteiger partial charge on any atom is -0.269 e. The highest BCUT2D eigenvalue weighted by molar-refractivity contribution is 4.50. The molecule has 0 atom stereocenters. The zero-order valence-corrected chi connectivity index (χ0v) is 15.8. The second kappa shape index (κ2) is 19.0. The minimum absolute atomic E-state index is 1.04. The van der Waals surface area contributed by atoms with Crippen LogP contribution in [0.1, 0.15) is 116 Å². The number of unbranched alkanes of at least 4 members (excludes halogenated alkanes) is 16. The fourth-order valence-electron chi connectivity index (χ4n) is 3.09. The van der Waals surface area contributed by atoms with Crippen LogP contribution in [0.5, 0.6) is 0 Å². The number of rotatable bonds is 18. The van der Waals surface area contributed by atoms with E-state index in [1.807, 2.05) is 7.05 Å². The van der Waals surface area contributed by atoms with Gasteiger partial charge in [-0.25, -0.2) is 0 Å². The molecule has 0 aliphatic rings. The van der Waals surface area contributed by atoms with Crippen LogP contribution in [0.2, 0.25) is 0 Å². The third-order valence-electron chi connectivity index (χ3n) is 4.61. The average Bonchev–Trinajstić information content (AvgIpc) is 2.50. The van der Waals surface area contributed by atoms with Crippen LogP contribution in [0.25, 0.3) is 0 Å². The quantitative estimate of drug-likeness (QED) is 0.179. The van der Waals surface area contributed by atoms with Crippen LogP contribution in [0.15, 0.2) is 0 Å². The van der Waals surface area contributed by atoms with Gasteiger partial charge >= 0.3 is 0 Å².